The number of benzene rings is 1. The number of nitrogens with zero attached hydrogens (tertiary/aromatic N) is 1. The summed E-state index contributed by atoms with van der Waals surface area (Å²) in [5.41, 5.74) is 0.298. The molecule has 0 atom stereocenters. The molecule has 1 aromatic carbocycles. The average molecular weight is 244 g/mol. The van der Waals surface area contributed by atoms with Crippen LogP contribution in [-0.4, -0.2) is 11.6 Å². The molecule has 2 nitrogen and oxygen atoms in total. The van der Waals surface area contributed by atoms with Crippen LogP contribution in [0.2, 0.25) is 5.15 Å². The first kappa shape index (κ1) is 11.1. The molecule has 2 rings (SSSR count). The Hall–Kier alpha value is -1.42. The van der Waals surface area contributed by atoms with Gasteiger partial charge in [-0.15, -0.1) is 0 Å². The summed E-state index contributed by atoms with van der Waals surface area (Å²) in [7, 11) is 0. The van der Waals surface area contributed by atoms with Crippen molar-refractivity contribution in [2.75, 3.05) is 6.61 Å². The van der Waals surface area contributed by atoms with Crippen molar-refractivity contribution in [2.24, 2.45) is 0 Å². The molecule has 0 N–H and O–H groups in total. The van der Waals surface area contributed by atoms with Crippen LogP contribution in [0.25, 0.3) is 10.9 Å². The SMILES string of the molecule is CCOc1cc2cc(F)c(F)cc2nc1Cl. The molecule has 0 unspecified atom stereocenters. The number of halogens is 3. The second kappa shape index (κ2) is 4.22. The van der Waals surface area contributed by atoms with Gasteiger partial charge in [0.2, 0.25) is 0 Å². The summed E-state index contributed by atoms with van der Waals surface area (Å²) in [6, 6.07) is 3.61. The van der Waals surface area contributed by atoms with E-state index in [0.29, 0.717) is 23.3 Å². The fourth-order valence-corrected chi connectivity index (χ4v) is 1.58. The molecular formula is C11H8ClF2NO. The predicted molar refractivity (Wildman–Crippen MR) is 57.8 cm³/mol. The van der Waals surface area contributed by atoms with Gasteiger partial charge in [-0.2, -0.15) is 0 Å². The molecule has 1 heterocycles. The van der Waals surface area contributed by atoms with Crippen LogP contribution in [0.1, 0.15) is 6.92 Å². The highest BCUT2D eigenvalue weighted by Gasteiger charge is 2.09. The van der Waals surface area contributed by atoms with Gasteiger partial charge in [0.15, 0.2) is 22.5 Å². The van der Waals surface area contributed by atoms with Gasteiger partial charge in [-0.1, -0.05) is 11.6 Å². The van der Waals surface area contributed by atoms with E-state index in [4.69, 9.17) is 16.3 Å². The first-order valence-electron chi connectivity index (χ1n) is 4.70. The van der Waals surface area contributed by atoms with Gasteiger partial charge >= 0.3 is 0 Å². The first-order chi connectivity index (χ1) is 7.61. The Morgan fingerprint density at radius 3 is 2.62 bits per heavy atom. The van der Waals surface area contributed by atoms with Crippen molar-refractivity contribution in [3.8, 4) is 5.75 Å². The third kappa shape index (κ3) is 1.93. The van der Waals surface area contributed by atoms with Gasteiger partial charge in [0.05, 0.1) is 12.1 Å². The maximum atomic E-state index is 13.0. The van der Waals surface area contributed by atoms with Gasteiger partial charge < -0.3 is 4.74 Å². The number of aromatic nitrogens is 1. The topological polar surface area (TPSA) is 22.1 Å². The van der Waals surface area contributed by atoms with Crippen molar-refractivity contribution < 1.29 is 13.5 Å². The highest BCUT2D eigenvalue weighted by atomic mass is 35.5. The summed E-state index contributed by atoms with van der Waals surface area (Å²) in [6.45, 7) is 2.22. The molecule has 0 aliphatic heterocycles. The van der Waals surface area contributed by atoms with Gasteiger partial charge in [-0.3, -0.25) is 0 Å². The molecule has 0 aliphatic rings. The van der Waals surface area contributed by atoms with Crippen molar-refractivity contribution >= 4 is 22.5 Å². The third-order valence-electron chi connectivity index (χ3n) is 2.08. The number of pyridine rings is 1. The smallest absolute Gasteiger partial charge is 0.171 e. The monoisotopic (exact) mass is 243 g/mol. The van der Waals surface area contributed by atoms with Crippen molar-refractivity contribution in [3.05, 3.63) is 35.0 Å². The molecule has 0 aliphatic carbocycles. The van der Waals surface area contributed by atoms with E-state index in [9.17, 15) is 8.78 Å². The zero-order valence-corrected chi connectivity index (χ0v) is 9.18. The highest BCUT2D eigenvalue weighted by Crippen LogP contribution is 2.28. The Labute approximate surface area is 95.8 Å². The summed E-state index contributed by atoms with van der Waals surface area (Å²) < 4.78 is 31.1. The van der Waals surface area contributed by atoms with Crippen LogP contribution in [0.3, 0.4) is 0 Å². The molecule has 5 heteroatoms. The van der Waals surface area contributed by atoms with Crippen molar-refractivity contribution in [3.63, 3.8) is 0 Å². The van der Waals surface area contributed by atoms with Gasteiger partial charge in [0.1, 0.15) is 0 Å². The minimum absolute atomic E-state index is 0.139. The van der Waals surface area contributed by atoms with Gasteiger partial charge in [0, 0.05) is 11.5 Å². The lowest BCUT2D eigenvalue weighted by atomic mass is 10.2. The van der Waals surface area contributed by atoms with E-state index in [1.165, 1.54) is 6.07 Å². The maximum absolute atomic E-state index is 13.0. The molecule has 0 amide bonds. The summed E-state index contributed by atoms with van der Waals surface area (Å²) >= 11 is 5.82. The van der Waals surface area contributed by atoms with Crippen molar-refractivity contribution in [1.29, 1.82) is 0 Å². The van der Waals surface area contributed by atoms with Gasteiger partial charge in [-0.25, -0.2) is 13.8 Å². The molecule has 0 bridgehead atoms. The van der Waals surface area contributed by atoms with Crippen LogP contribution >= 0.6 is 11.6 Å². The second-order valence-corrected chi connectivity index (χ2v) is 3.53. The van der Waals surface area contributed by atoms with Gasteiger partial charge in [-0.05, 0) is 19.1 Å². The third-order valence-corrected chi connectivity index (χ3v) is 2.35. The molecule has 0 radical (unpaired) electrons. The molecule has 0 saturated heterocycles. The van der Waals surface area contributed by atoms with Crippen LogP contribution in [0.15, 0.2) is 18.2 Å². The number of ether oxygens (including phenoxy) is 1. The van der Waals surface area contributed by atoms with Crippen LogP contribution < -0.4 is 4.74 Å². The predicted octanol–water partition coefficient (Wildman–Crippen LogP) is 3.57. The highest BCUT2D eigenvalue weighted by molar-refractivity contribution is 6.31. The summed E-state index contributed by atoms with van der Waals surface area (Å²) in [5.74, 6) is -1.50. The normalized spacial score (nSPS) is 10.8. The number of fused-ring (bicyclic) bond motifs is 1. The number of rotatable bonds is 2. The summed E-state index contributed by atoms with van der Waals surface area (Å²) in [4.78, 5) is 3.93. The van der Waals surface area contributed by atoms with Crippen molar-refractivity contribution in [1.82, 2.24) is 4.98 Å². The standard InChI is InChI=1S/C11H8ClF2NO/c1-2-16-10-4-6-3-7(13)8(14)5-9(6)15-11(10)12/h3-5H,2H2,1H3. The summed E-state index contributed by atoms with van der Waals surface area (Å²) in [6.07, 6.45) is 0. The Balaban J connectivity index is 2.65. The second-order valence-electron chi connectivity index (χ2n) is 3.17. The number of hydrogen-bond acceptors (Lipinski definition) is 2. The van der Waals surface area contributed by atoms with Crippen LogP contribution in [0.4, 0.5) is 8.78 Å². The molecule has 0 spiro atoms. The summed E-state index contributed by atoms with van der Waals surface area (Å²) in [5, 5.41) is 0.590. The lowest BCUT2D eigenvalue weighted by Gasteiger charge is -2.06. The van der Waals surface area contributed by atoms with Gasteiger partial charge in [0.25, 0.3) is 0 Å². The molecule has 0 saturated carbocycles. The zero-order valence-electron chi connectivity index (χ0n) is 8.43. The minimum Gasteiger partial charge on any atom is -0.491 e. The molecular weight excluding hydrogens is 236 g/mol. The molecule has 2 aromatic rings. The lowest BCUT2D eigenvalue weighted by Crippen LogP contribution is -1.95. The molecule has 16 heavy (non-hydrogen) atoms. The van der Waals surface area contributed by atoms with E-state index >= 15 is 0 Å². The largest absolute Gasteiger partial charge is 0.491 e. The van der Waals surface area contributed by atoms with E-state index in [1.54, 1.807) is 6.92 Å². The molecule has 1 aromatic heterocycles. The zero-order chi connectivity index (χ0) is 11.7. The van der Waals surface area contributed by atoms with E-state index in [-0.39, 0.29) is 5.15 Å². The van der Waals surface area contributed by atoms with Crippen LogP contribution in [0, 0.1) is 11.6 Å². The maximum Gasteiger partial charge on any atom is 0.171 e. The minimum atomic E-state index is -0.944. The Kier molecular flexibility index (Phi) is 2.92. The average Bonchev–Trinajstić information content (AvgIpc) is 2.23. The Morgan fingerprint density at radius 2 is 1.94 bits per heavy atom. The number of hydrogen-bond donors (Lipinski definition) is 0. The fourth-order valence-electron chi connectivity index (χ4n) is 1.38. The Morgan fingerprint density at radius 1 is 1.25 bits per heavy atom. The lowest BCUT2D eigenvalue weighted by molar-refractivity contribution is 0.339. The quantitative estimate of drug-likeness (QED) is 0.753. The van der Waals surface area contributed by atoms with Crippen LogP contribution in [0.5, 0.6) is 5.75 Å². The van der Waals surface area contributed by atoms with E-state index in [2.05, 4.69) is 4.98 Å². The fraction of sp³-hybridized carbons (Fsp3) is 0.182. The van der Waals surface area contributed by atoms with Crippen molar-refractivity contribution in [2.45, 2.75) is 6.92 Å². The van der Waals surface area contributed by atoms with E-state index in [0.717, 1.165) is 12.1 Å². The van der Waals surface area contributed by atoms with E-state index < -0.39 is 11.6 Å². The Bertz CT molecular complexity index is 545. The van der Waals surface area contributed by atoms with Crippen LogP contribution in [-0.2, 0) is 0 Å². The first-order valence-corrected chi connectivity index (χ1v) is 5.07. The molecule has 84 valence electrons. The van der Waals surface area contributed by atoms with E-state index in [1.807, 2.05) is 0 Å². The molecule has 0 fully saturated rings.